The Labute approximate surface area is 129 Å². The molecule has 2 atom stereocenters. The average Bonchev–Trinajstić information content (AvgIpc) is 3.23. The van der Waals surface area contributed by atoms with Crippen LogP contribution in [0, 0.1) is 5.92 Å². The lowest BCUT2D eigenvalue weighted by atomic mass is 9.99. The zero-order valence-corrected chi connectivity index (χ0v) is 13.0. The van der Waals surface area contributed by atoms with E-state index in [9.17, 15) is 9.59 Å². The zero-order chi connectivity index (χ0) is 16.1. The van der Waals surface area contributed by atoms with Crippen molar-refractivity contribution in [1.29, 1.82) is 0 Å². The molecule has 1 saturated carbocycles. The molecule has 1 aliphatic carbocycles. The maximum Gasteiger partial charge on any atom is 0.326 e. The number of aliphatic carboxylic acids is 1. The fourth-order valence-electron chi connectivity index (χ4n) is 2.21. The Hall–Kier alpha value is -1.92. The lowest BCUT2D eigenvalue weighted by Crippen LogP contribution is -2.44. The predicted octanol–water partition coefficient (Wildman–Crippen LogP) is 1.89. The molecule has 1 amide bonds. The molecule has 1 fully saturated rings. The first-order valence-electron chi connectivity index (χ1n) is 7.86. The van der Waals surface area contributed by atoms with Crippen LogP contribution in [0.5, 0.6) is 0 Å². The summed E-state index contributed by atoms with van der Waals surface area (Å²) in [7, 11) is 0. The van der Waals surface area contributed by atoms with E-state index >= 15 is 0 Å². The van der Waals surface area contributed by atoms with Gasteiger partial charge in [-0.25, -0.2) is 4.79 Å². The number of hydrogen-bond donors (Lipinski definition) is 2. The van der Waals surface area contributed by atoms with Crippen molar-refractivity contribution < 1.29 is 19.2 Å². The van der Waals surface area contributed by atoms with Crippen LogP contribution < -0.4 is 5.32 Å². The van der Waals surface area contributed by atoms with Gasteiger partial charge >= 0.3 is 5.97 Å². The summed E-state index contributed by atoms with van der Waals surface area (Å²) in [6.45, 7) is 3.72. The fraction of sp³-hybridized carbons (Fsp3) is 0.733. The van der Waals surface area contributed by atoms with Gasteiger partial charge in [0, 0.05) is 18.8 Å². The first kappa shape index (κ1) is 16.5. The highest BCUT2D eigenvalue weighted by Crippen LogP contribution is 2.38. The minimum Gasteiger partial charge on any atom is -0.480 e. The fourth-order valence-corrected chi connectivity index (χ4v) is 2.21. The van der Waals surface area contributed by atoms with E-state index in [1.165, 1.54) is 0 Å². The summed E-state index contributed by atoms with van der Waals surface area (Å²) in [4.78, 5) is 27.3. The summed E-state index contributed by atoms with van der Waals surface area (Å²) in [6, 6.07) is -0.831. The normalized spacial score (nSPS) is 17.0. The van der Waals surface area contributed by atoms with Crippen LogP contribution in [0.25, 0.3) is 0 Å². The van der Waals surface area contributed by atoms with Crippen LogP contribution in [0.4, 0.5) is 0 Å². The van der Waals surface area contributed by atoms with E-state index in [1.54, 1.807) is 0 Å². The molecule has 0 aliphatic heterocycles. The number of carbonyl (C=O) groups is 2. The first-order valence-corrected chi connectivity index (χ1v) is 7.86. The number of rotatable bonds is 9. The molecule has 1 heterocycles. The molecule has 1 aliphatic rings. The number of carboxylic acids is 1. The average molecular weight is 309 g/mol. The minimum atomic E-state index is -0.992. The summed E-state index contributed by atoms with van der Waals surface area (Å²) in [5, 5.41) is 15.6. The quantitative estimate of drug-likeness (QED) is 0.721. The van der Waals surface area contributed by atoms with E-state index < -0.39 is 12.0 Å². The standard InChI is InChI=1S/C15H23N3O4/c1-3-9(2)13(15(20)21)16-11(19)5-4-6-12-17-14(18-22-12)10-7-8-10/h9-10,13H,3-8H2,1-2H3,(H,16,19)(H,20,21)/t9-,13-/m0/s1. The van der Waals surface area contributed by atoms with Crippen molar-refractivity contribution in [3.63, 3.8) is 0 Å². The summed E-state index contributed by atoms with van der Waals surface area (Å²) < 4.78 is 5.14. The number of nitrogens with one attached hydrogen (secondary N) is 1. The summed E-state index contributed by atoms with van der Waals surface area (Å²) in [6.07, 6.45) is 4.28. The van der Waals surface area contributed by atoms with Gasteiger partial charge in [0.2, 0.25) is 11.8 Å². The monoisotopic (exact) mass is 309 g/mol. The maximum atomic E-state index is 11.9. The highest BCUT2D eigenvalue weighted by Gasteiger charge is 2.29. The lowest BCUT2D eigenvalue weighted by Gasteiger charge is -2.19. The second-order valence-electron chi connectivity index (χ2n) is 5.94. The van der Waals surface area contributed by atoms with Gasteiger partial charge in [-0.1, -0.05) is 25.4 Å². The molecule has 0 saturated heterocycles. The number of hydrogen-bond acceptors (Lipinski definition) is 5. The molecular weight excluding hydrogens is 286 g/mol. The number of carboxylic acid groups (broad SMARTS) is 1. The van der Waals surface area contributed by atoms with Gasteiger partial charge in [-0.05, 0) is 25.2 Å². The van der Waals surface area contributed by atoms with Gasteiger partial charge in [0.25, 0.3) is 0 Å². The lowest BCUT2D eigenvalue weighted by molar-refractivity contribution is -0.143. The van der Waals surface area contributed by atoms with E-state index in [2.05, 4.69) is 15.5 Å². The third-order valence-corrected chi connectivity index (χ3v) is 4.02. The van der Waals surface area contributed by atoms with E-state index in [0.717, 1.165) is 18.7 Å². The number of amides is 1. The minimum absolute atomic E-state index is 0.0986. The molecule has 0 unspecified atom stereocenters. The topological polar surface area (TPSA) is 105 Å². The van der Waals surface area contributed by atoms with Gasteiger partial charge < -0.3 is 14.9 Å². The predicted molar refractivity (Wildman–Crippen MR) is 78.2 cm³/mol. The zero-order valence-electron chi connectivity index (χ0n) is 13.0. The molecule has 0 aromatic carbocycles. The van der Waals surface area contributed by atoms with Crippen LogP contribution in [-0.2, 0) is 16.0 Å². The van der Waals surface area contributed by atoms with E-state index in [0.29, 0.717) is 31.1 Å². The van der Waals surface area contributed by atoms with E-state index in [1.807, 2.05) is 13.8 Å². The molecule has 2 rings (SSSR count). The Kier molecular flexibility index (Phi) is 5.51. The van der Waals surface area contributed by atoms with Gasteiger partial charge in [-0.15, -0.1) is 0 Å². The van der Waals surface area contributed by atoms with Crippen LogP contribution in [-0.4, -0.2) is 33.2 Å². The molecule has 0 bridgehead atoms. The molecule has 2 N–H and O–H groups in total. The molecule has 1 aromatic heterocycles. The Morgan fingerprint density at radius 1 is 1.45 bits per heavy atom. The van der Waals surface area contributed by atoms with Gasteiger partial charge in [0.05, 0.1) is 0 Å². The third kappa shape index (κ3) is 4.54. The van der Waals surface area contributed by atoms with E-state index in [-0.39, 0.29) is 18.2 Å². The molecule has 7 heteroatoms. The second-order valence-corrected chi connectivity index (χ2v) is 5.94. The molecule has 22 heavy (non-hydrogen) atoms. The van der Waals surface area contributed by atoms with Crippen molar-refractivity contribution in [2.75, 3.05) is 0 Å². The molecular formula is C15H23N3O4. The molecule has 0 spiro atoms. The van der Waals surface area contributed by atoms with Crippen molar-refractivity contribution in [2.24, 2.45) is 5.92 Å². The highest BCUT2D eigenvalue weighted by molar-refractivity contribution is 5.83. The molecule has 7 nitrogen and oxygen atoms in total. The Balaban J connectivity index is 1.73. The first-order chi connectivity index (χ1) is 10.5. The highest BCUT2D eigenvalue weighted by atomic mass is 16.5. The van der Waals surface area contributed by atoms with Gasteiger partial charge in [0.15, 0.2) is 5.82 Å². The van der Waals surface area contributed by atoms with Gasteiger partial charge in [-0.2, -0.15) is 4.98 Å². The van der Waals surface area contributed by atoms with Crippen LogP contribution in [0.2, 0.25) is 0 Å². The van der Waals surface area contributed by atoms with Crippen molar-refractivity contribution >= 4 is 11.9 Å². The summed E-state index contributed by atoms with van der Waals surface area (Å²) in [5.41, 5.74) is 0. The smallest absolute Gasteiger partial charge is 0.326 e. The van der Waals surface area contributed by atoms with Crippen LogP contribution in [0.3, 0.4) is 0 Å². The van der Waals surface area contributed by atoms with Crippen molar-refractivity contribution in [1.82, 2.24) is 15.5 Å². The van der Waals surface area contributed by atoms with Crippen molar-refractivity contribution in [3.8, 4) is 0 Å². The Morgan fingerprint density at radius 3 is 2.77 bits per heavy atom. The van der Waals surface area contributed by atoms with Gasteiger partial charge in [-0.3, -0.25) is 4.79 Å². The summed E-state index contributed by atoms with van der Waals surface area (Å²) >= 11 is 0. The molecule has 1 aromatic rings. The Bertz CT molecular complexity index is 525. The molecule has 122 valence electrons. The van der Waals surface area contributed by atoms with Crippen molar-refractivity contribution in [3.05, 3.63) is 11.7 Å². The second kappa shape index (κ2) is 7.38. The van der Waals surface area contributed by atoms with E-state index in [4.69, 9.17) is 9.63 Å². The largest absolute Gasteiger partial charge is 0.480 e. The SMILES string of the molecule is CC[C@H](C)[C@H](NC(=O)CCCc1nc(C2CC2)no1)C(=O)O. The van der Waals surface area contributed by atoms with Crippen LogP contribution in [0.15, 0.2) is 4.52 Å². The maximum absolute atomic E-state index is 11.9. The number of aryl methyl sites for hydroxylation is 1. The number of aromatic nitrogens is 2. The molecule has 0 radical (unpaired) electrons. The number of nitrogens with zero attached hydrogens (tertiary/aromatic N) is 2. The summed E-state index contributed by atoms with van der Waals surface area (Å²) in [5.74, 6) is 0.419. The van der Waals surface area contributed by atoms with Crippen molar-refractivity contribution in [2.45, 2.75) is 64.3 Å². The number of carbonyl (C=O) groups excluding carboxylic acids is 1. The Morgan fingerprint density at radius 2 is 2.18 bits per heavy atom. The van der Waals surface area contributed by atoms with Crippen LogP contribution >= 0.6 is 0 Å². The van der Waals surface area contributed by atoms with Gasteiger partial charge in [0.1, 0.15) is 6.04 Å². The van der Waals surface area contributed by atoms with Crippen LogP contribution in [0.1, 0.15) is 63.6 Å². The third-order valence-electron chi connectivity index (χ3n) is 4.02.